The molecule has 3 heterocycles. The van der Waals surface area contributed by atoms with Crippen LogP contribution in [0.4, 0.5) is 0 Å². The maximum absolute atomic E-state index is 4.09. The zero-order chi connectivity index (χ0) is 14.1. The Hall–Kier alpha value is -1.65. The van der Waals surface area contributed by atoms with Crippen LogP contribution in [0.2, 0.25) is 0 Å². The quantitative estimate of drug-likeness (QED) is 0.935. The van der Waals surface area contributed by atoms with Gasteiger partial charge in [0.05, 0.1) is 6.33 Å². The van der Waals surface area contributed by atoms with Crippen molar-refractivity contribution in [2.24, 2.45) is 5.92 Å². The maximum atomic E-state index is 4.09. The van der Waals surface area contributed by atoms with Crippen LogP contribution in [0.3, 0.4) is 0 Å². The summed E-state index contributed by atoms with van der Waals surface area (Å²) in [5, 5.41) is 3.67. The number of nitrogens with one attached hydrogen (secondary N) is 1. The third-order valence-corrected chi connectivity index (χ3v) is 4.82. The lowest BCUT2D eigenvalue weighted by Crippen LogP contribution is -2.40. The molecule has 1 aromatic carbocycles. The Balaban J connectivity index is 1.41. The number of rotatable bonds is 3. The Morgan fingerprint density at radius 2 is 2.10 bits per heavy atom. The van der Waals surface area contributed by atoms with Gasteiger partial charge in [-0.2, -0.15) is 0 Å². The molecule has 2 fully saturated rings. The van der Waals surface area contributed by atoms with Gasteiger partial charge in [0.2, 0.25) is 0 Å². The summed E-state index contributed by atoms with van der Waals surface area (Å²) in [7, 11) is 0. The second-order valence-electron chi connectivity index (χ2n) is 6.29. The zero-order valence-corrected chi connectivity index (χ0v) is 12.3. The first kappa shape index (κ1) is 13.0. The number of hydrogen-bond acceptors (Lipinski definition) is 3. The molecule has 0 amide bonds. The molecule has 110 valence electrons. The molecular formula is C17H22N4. The second kappa shape index (κ2) is 5.62. The van der Waals surface area contributed by atoms with Crippen molar-refractivity contribution in [3.63, 3.8) is 0 Å². The molecule has 1 aromatic heterocycles. The van der Waals surface area contributed by atoms with Gasteiger partial charge in [-0.15, -0.1) is 0 Å². The first-order valence-electron chi connectivity index (χ1n) is 7.91. The molecule has 2 aliphatic rings. The van der Waals surface area contributed by atoms with Crippen molar-refractivity contribution in [2.75, 3.05) is 19.6 Å². The van der Waals surface area contributed by atoms with Crippen LogP contribution in [0, 0.1) is 5.92 Å². The van der Waals surface area contributed by atoms with Gasteiger partial charge in [-0.3, -0.25) is 4.90 Å². The maximum Gasteiger partial charge on any atom is 0.0991 e. The van der Waals surface area contributed by atoms with E-state index in [1.165, 1.54) is 43.7 Å². The van der Waals surface area contributed by atoms with Crippen LogP contribution in [-0.2, 0) is 6.54 Å². The number of hydrogen-bond donors (Lipinski definition) is 1. The number of imidazole rings is 1. The van der Waals surface area contributed by atoms with Crippen LogP contribution in [0.15, 0.2) is 43.0 Å². The van der Waals surface area contributed by atoms with Gasteiger partial charge in [-0.25, -0.2) is 4.98 Å². The van der Waals surface area contributed by atoms with E-state index in [0.717, 1.165) is 18.5 Å². The van der Waals surface area contributed by atoms with Gasteiger partial charge in [0.15, 0.2) is 0 Å². The normalized spacial score (nSPS) is 25.9. The van der Waals surface area contributed by atoms with E-state index >= 15 is 0 Å². The van der Waals surface area contributed by atoms with Crippen molar-refractivity contribution in [1.82, 2.24) is 19.8 Å². The van der Waals surface area contributed by atoms with Crippen LogP contribution in [-0.4, -0.2) is 40.1 Å². The molecule has 21 heavy (non-hydrogen) atoms. The first-order chi connectivity index (χ1) is 10.4. The molecule has 4 heteroatoms. The van der Waals surface area contributed by atoms with Crippen molar-refractivity contribution in [1.29, 1.82) is 0 Å². The summed E-state index contributed by atoms with van der Waals surface area (Å²) >= 11 is 0. The van der Waals surface area contributed by atoms with Crippen LogP contribution >= 0.6 is 0 Å². The van der Waals surface area contributed by atoms with Crippen LogP contribution in [0.5, 0.6) is 0 Å². The standard InChI is InChI=1S/C17H22N4/c1-2-15-11-20(12-17(15)19-7-1)10-14-3-5-16(6-4-14)21-9-8-18-13-21/h3-6,8-9,13,15,17,19H,1-2,7,10-12H2/t15-,17+/m0/s1. The van der Waals surface area contributed by atoms with Gasteiger partial charge in [0, 0.05) is 43.8 Å². The molecule has 1 N–H and O–H groups in total. The predicted octanol–water partition coefficient (Wildman–Crippen LogP) is 2.06. The Kier molecular flexibility index (Phi) is 3.49. The summed E-state index contributed by atoms with van der Waals surface area (Å²) in [5.74, 6) is 0.865. The summed E-state index contributed by atoms with van der Waals surface area (Å²) in [4.78, 5) is 6.69. The third kappa shape index (κ3) is 2.74. The molecule has 2 atom stereocenters. The molecule has 4 nitrogen and oxygen atoms in total. The topological polar surface area (TPSA) is 33.1 Å². The van der Waals surface area contributed by atoms with Gasteiger partial charge in [0.25, 0.3) is 0 Å². The fraction of sp³-hybridized carbons (Fsp3) is 0.471. The molecule has 0 aliphatic carbocycles. The first-order valence-corrected chi connectivity index (χ1v) is 7.91. The van der Waals surface area contributed by atoms with Crippen LogP contribution in [0.25, 0.3) is 5.69 Å². The van der Waals surface area contributed by atoms with E-state index in [2.05, 4.69) is 39.5 Å². The lowest BCUT2D eigenvalue weighted by atomic mass is 9.94. The molecular weight excluding hydrogens is 260 g/mol. The minimum absolute atomic E-state index is 0.726. The number of benzene rings is 1. The Morgan fingerprint density at radius 1 is 1.19 bits per heavy atom. The summed E-state index contributed by atoms with van der Waals surface area (Å²) in [5.41, 5.74) is 2.57. The molecule has 4 rings (SSSR count). The van der Waals surface area contributed by atoms with Crippen LogP contribution in [0.1, 0.15) is 18.4 Å². The monoisotopic (exact) mass is 282 g/mol. The van der Waals surface area contributed by atoms with Crippen molar-refractivity contribution in [2.45, 2.75) is 25.4 Å². The van der Waals surface area contributed by atoms with Gasteiger partial charge >= 0.3 is 0 Å². The van der Waals surface area contributed by atoms with E-state index in [4.69, 9.17) is 0 Å². The molecule has 0 unspecified atom stereocenters. The number of likely N-dealkylation sites (tertiary alicyclic amines) is 1. The summed E-state index contributed by atoms with van der Waals surface area (Å²) in [6.45, 7) is 4.72. The highest BCUT2D eigenvalue weighted by Crippen LogP contribution is 2.26. The Bertz CT molecular complexity index is 561. The van der Waals surface area contributed by atoms with E-state index in [0.29, 0.717) is 0 Å². The fourth-order valence-corrected chi connectivity index (χ4v) is 3.71. The molecule has 0 radical (unpaired) electrons. The predicted molar refractivity (Wildman–Crippen MR) is 83.4 cm³/mol. The van der Waals surface area contributed by atoms with E-state index in [9.17, 15) is 0 Å². The second-order valence-corrected chi connectivity index (χ2v) is 6.29. The molecule has 2 aromatic rings. The number of aromatic nitrogens is 2. The van der Waals surface area contributed by atoms with E-state index < -0.39 is 0 Å². The molecule has 2 aliphatic heterocycles. The highest BCUT2D eigenvalue weighted by Gasteiger charge is 2.33. The van der Waals surface area contributed by atoms with Crippen molar-refractivity contribution >= 4 is 0 Å². The van der Waals surface area contributed by atoms with Crippen molar-refractivity contribution < 1.29 is 0 Å². The SMILES string of the molecule is c1cn(-c2ccc(CN3C[C@@H]4CCCN[C@@H]4C3)cc2)cn1. The summed E-state index contributed by atoms with van der Waals surface area (Å²) < 4.78 is 2.04. The van der Waals surface area contributed by atoms with Crippen molar-refractivity contribution in [3.8, 4) is 5.69 Å². The number of piperidine rings is 1. The highest BCUT2D eigenvalue weighted by atomic mass is 15.2. The lowest BCUT2D eigenvalue weighted by molar-refractivity contribution is 0.312. The number of fused-ring (bicyclic) bond motifs is 1. The third-order valence-electron chi connectivity index (χ3n) is 4.82. The summed E-state index contributed by atoms with van der Waals surface area (Å²) in [6, 6.07) is 9.57. The van der Waals surface area contributed by atoms with E-state index in [1.807, 2.05) is 23.3 Å². The van der Waals surface area contributed by atoms with Crippen molar-refractivity contribution in [3.05, 3.63) is 48.5 Å². The van der Waals surface area contributed by atoms with Gasteiger partial charge in [-0.05, 0) is 43.0 Å². The average Bonchev–Trinajstić information content (AvgIpc) is 3.17. The molecule has 0 saturated carbocycles. The minimum atomic E-state index is 0.726. The zero-order valence-electron chi connectivity index (χ0n) is 12.3. The number of nitrogens with zero attached hydrogens (tertiary/aromatic N) is 3. The van der Waals surface area contributed by atoms with Gasteiger partial charge in [-0.1, -0.05) is 12.1 Å². The Morgan fingerprint density at radius 3 is 2.86 bits per heavy atom. The van der Waals surface area contributed by atoms with E-state index in [1.54, 1.807) is 0 Å². The fourth-order valence-electron chi connectivity index (χ4n) is 3.71. The van der Waals surface area contributed by atoms with Gasteiger partial charge in [0.1, 0.15) is 0 Å². The van der Waals surface area contributed by atoms with Crippen LogP contribution < -0.4 is 5.32 Å². The average molecular weight is 282 g/mol. The highest BCUT2D eigenvalue weighted by molar-refractivity contribution is 5.34. The molecule has 2 saturated heterocycles. The Labute approximate surface area is 125 Å². The van der Waals surface area contributed by atoms with Gasteiger partial charge < -0.3 is 9.88 Å². The molecule has 0 bridgehead atoms. The summed E-state index contributed by atoms with van der Waals surface area (Å²) in [6.07, 6.45) is 8.37. The smallest absolute Gasteiger partial charge is 0.0991 e. The minimum Gasteiger partial charge on any atom is -0.312 e. The molecule has 0 spiro atoms. The lowest BCUT2D eigenvalue weighted by Gasteiger charge is -2.24. The van der Waals surface area contributed by atoms with E-state index in [-0.39, 0.29) is 0 Å². The largest absolute Gasteiger partial charge is 0.312 e.